The van der Waals surface area contributed by atoms with Crippen molar-refractivity contribution in [2.75, 3.05) is 13.2 Å². The second-order valence-electron chi connectivity index (χ2n) is 6.15. The van der Waals surface area contributed by atoms with Gasteiger partial charge in [-0.1, -0.05) is 36.4 Å². The fourth-order valence-corrected chi connectivity index (χ4v) is 2.23. The molecule has 10 nitrogen and oxygen atoms in total. The number of rotatable bonds is 12. The van der Waals surface area contributed by atoms with Crippen molar-refractivity contribution < 1.29 is 38.9 Å². The smallest absolute Gasteiger partial charge is 0.407 e. The van der Waals surface area contributed by atoms with Crippen molar-refractivity contribution in [2.45, 2.75) is 38.5 Å². The number of carbonyl (C=O) groups excluding carboxylic acids is 3. The number of hydrogen-bond donors (Lipinski definition) is 4. The van der Waals surface area contributed by atoms with Gasteiger partial charge in [-0.2, -0.15) is 0 Å². The summed E-state index contributed by atoms with van der Waals surface area (Å²) in [4.78, 5) is 46.0. The summed E-state index contributed by atoms with van der Waals surface area (Å²) in [6, 6.07) is 7.72. The minimum atomic E-state index is -1.30. The van der Waals surface area contributed by atoms with Crippen LogP contribution in [0.25, 0.3) is 0 Å². The molecule has 0 aromatic heterocycles. The average molecular weight is 422 g/mol. The van der Waals surface area contributed by atoms with Gasteiger partial charge in [0.1, 0.15) is 12.6 Å². The predicted octanol–water partition coefficient (Wildman–Crippen LogP) is 0.743. The maximum atomic E-state index is 11.9. The van der Waals surface area contributed by atoms with Crippen LogP contribution in [-0.2, 0) is 30.5 Å². The lowest BCUT2D eigenvalue weighted by molar-refractivity contribution is -0.142. The van der Waals surface area contributed by atoms with Crippen molar-refractivity contribution in [3.8, 4) is 0 Å². The first-order chi connectivity index (χ1) is 14.3. The molecule has 0 heterocycles. The minimum Gasteiger partial charge on any atom is -0.480 e. The molecule has 0 saturated heterocycles. The Morgan fingerprint density at radius 1 is 1.13 bits per heavy atom. The van der Waals surface area contributed by atoms with E-state index in [2.05, 4.69) is 15.4 Å². The molecule has 0 aliphatic heterocycles. The zero-order valence-electron chi connectivity index (χ0n) is 16.6. The minimum absolute atomic E-state index is 0.0584. The molecule has 2 atom stereocenters. The van der Waals surface area contributed by atoms with E-state index in [1.807, 2.05) is 6.07 Å². The number of benzene rings is 1. The number of carboxylic acids is 1. The summed E-state index contributed by atoms with van der Waals surface area (Å²) in [5.41, 5.74) is 0.796. The number of aliphatic carboxylic acids is 1. The molecule has 0 bridgehead atoms. The summed E-state index contributed by atoms with van der Waals surface area (Å²) in [6.45, 7) is 1.63. The van der Waals surface area contributed by atoms with Crippen molar-refractivity contribution in [1.29, 1.82) is 0 Å². The van der Waals surface area contributed by atoms with Gasteiger partial charge in [0.05, 0.1) is 19.1 Å². The Bertz CT molecular complexity index is 736. The molecule has 0 radical (unpaired) electrons. The molecule has 1 rings (SSSR count). The molecule has 0 saturated carbocycles. The number of carboxylic acid groups (broad SMARTS) is 1. The molecule has 0 fully saturated rings. The number of alkyl carbamates (subject to hydrolysis) is 1. The Morgan fingerprint density at radius 3 is 2.47 bits per heavy atom. The van der Waals surface area contributed by atoms with E-state index in [9.17, 15) is 24.3 Å². The molecule has 0 aliphatic rings. The third-order valence-corrected chi connectivity index (χ3v) is 3.66. The van der Waals surface area contributed by atoms with Crippen LogP contribution >= 0.6 is 0 Å². The number of hydrogen-bond acceptors (Lipinski definition) is 7. The second kappa shape index (κ2) is 13.7. The van der Waals surface area contributed by atoms with Crippen molar-refractivity contribution in [1.82, 2.24) is 10.6 Å². The molecule has 0 spiro atoms. The number of aliphatic hydroxyl groups excluding tert-OH is 1. The van der Waals surface area contributed by atoms with Crippen LogP contribution in [0.2, 0.25) is 0 Å². The standard InChI is InChI=1S/C20H26N2O8/c1-2-29-18(25)10-6-9-16(19(26)27)22-17(24)11-15(23)12-21-20(28)30-13-14-7-4-3-5-8-14/h3-8,10,15-16,23H,2,9,11-13H2,1H3,(H,21,28)(H,22,24)(H,26,27)/b10-6+/t15-,16+/m0/s1. The number of ether oxygens (including phenoxy) is 2. The maximum absolute atomic E-state index is 11.9. The van der Waals surface area contributed by atoms with Crippen LogP contribution in [0.1, 0.15) is 25.3 Å². The van der Waals surface area contributed by atoms with Gasteiger partial charge < -0.3 is 30.3 Å². The van der Waals surface area contributed by atoms with Gasteiger partial charge in [-0.3, -0.25) is 4.79 Å². The SMILES string of the molecule is CCOC(=O)/C=C/C[C@@H](NC(=O)C[C@H](O)CNC(=O)OCc1ccccc1)C(=O)O. The van der Waals surface area contributed by atoms with Gasteiger partial charge >= 0.3 is 18.0 Å². The van der Waals surface area contributed by atoms with E-state index >= 15 is 0 Å². The van der Waals surface area contributed by atoms with Crippen molar-refractivity contribution in [3.05, 3.63) is 48.0 Å². The zero-order chi connectivity index (χ0) is 22.4. The second-order valence-corrected chi connectivity index (χ2v) is 6.15. The van der Waals surface area contributed by atoms with Gasteiger partial charge in [0.25, 0.3) is 0 Å². The van der Waals surface area contributed by atoms with Crippen molar-refractivity contribution in [2.24, 2.45) is 0 Å². The highest BCUT2D eigenvalue weighted by molar-refractivity contribution is 5.84. The van der Waals surface area contributed by atoms with Crippen LogP contribution in [-0.4, -0.2) is 59.4 Å². The molecular weight excluding hydrogens is 396 g/mol. The molecular formula is C20H26N2O8. The van der Waals surface area contributed by atoms with Gasteiger partial charge in [0.15, 0.2) is 0 Å². The van der Waals surface area contributed by atoms with E-state index in [1.54, 1.807) is 31.2 Å². The van der Waals surface area contributed by atoms with Crippen LogP contribution in [0, 0.1) is 0 Å². The zero-order valence-corrected chi connectivity index (χ0v) is 16.6. The van der Waals surface area contributed by atoms with Crippen molar-refractivity contribution in [3.63, 3.8) is 0 Å². The third-order valence-electron chi connectivity index (χ3n) is 3.66. The highest BCUT2D eigenvalue weighted by Crippen LogP contribution is 2.01. The molecule has 30 heavy (non-hydrogen) atoms. The van der Waals surface area contributed by atoms with Crippen LogP contribution in [0.3, 0.4) is 0 Å². The van der Waals surface area contributed by atoms with E-state index in [0.717, 1.165) is 11.6 Å². The van der Waals surface area contributed by atoms with E-state index in [4.69, 9.17) is 9.84 Å². The largest absolute Gasteiger partial charge is 0.480 e. The first-order valence-electron chi connectivity index (χ1n) is 9.29. The van der Waals surface area contributed by atoms with E-state index < -0.39 is 42.5 Å². The molecule has 1 aromatic rings. The summed E-state index contributed by atoms with van der Waals surface area (Å²) < 4.78 is 9.64. The number of carbonyl (C=O) groups is 4. The van der Waals surface area contributed by atoms with Gasteiger partial charge in [0, 0.05) is 12.6 Å². The van der Waals surface area contributed by atoms with Gasteiger partial charge in [-0.05, 0) is 18.9 Å². The van der Waals surface area contributed by atoms with Crippen LogP contribution in [0.5, 0.6) is 0 Å². The topological polar surface area (TPSA) is 151 Å². The quantitative estimate of drug-likeness (QED) is 0.284. The van der Waals surface area contributed by atoms with Gasteiger partial charge in [-0.15, -0.1) is 0 Å². The maximum Gasteiger partial charge on any atom is 0.407 e. The molecule has 0 aliphatic carbocycles. The monoisotopic (exact) mass is 422 g/mol. The average Bonchev–Trinajstić information content (AvgIpc) is 2.70. The van der Waals surface area contributed by atoms with Gasteiger partial charge in [-0.25, -0.2) is 14.4 Å². The normalized spacial score (nSPS) is 12.6. The lowest BCUT2D eigenvalue weighted by atomic mass is 10.1. The highest BCUT2D eigenvalue weighted by Gasteiger charge is 2.20. The first kappa shape index (κ1) is 24.6. The summed E-state index contributed by atoms with van der Waals surface area (Å²) in [5, 5.41) is 23.6. The summed E-state index contributed by atoms with van der Waals surface area (Å²) in [6.07, 6.45) is -0.210. The summed E-state index contributed by atoms with van der Waals surface area (Å²) in [7, 11) is 0. The first-order valence-corrected chi connectivity index (χ1v) is 9.29. The van der Waals surface area contributed by atoms with E-state index in [0.29, 0.717) is 0 Å². The molecule has 10 heteroatoms. The summed E-state index contributed by atoms with van der Waals surface area (Å²) in [5.74, 6) is -2.64. The van der Waals surface area contributed by atoms with E-state index in [-0.39, 0.29) is 26.2 Å². The van der Waals surface area contributed by atoms with Crippen LogP contribution < -0.4 is 10.6 Å². The Hall–Kier alpha value is -3.40. The Balaban J connectivity index is 2.34. The number of aliphatic hydroxyl groups is 1. The fourth-order valence-electron chi connectivity index (χ4n) is 2.23. The predicted molar refractivity (Wildman–Crippen MR) is 105 cm³/mol. The number of esters is 1. The molecule has 1 aromatic carbocycles. The van der Waals surface area contributed by atoms with Crippen LogP contribution in [0.15, 0.2) is 42.5 Å². The highest BCUT2D eigenvalue weighted by atomic mass is 16.5. The lowest BCUT2D eigenvalue weighted by Crippen LogP contribution is -2.43. The molecule has 0 unspecified atom stereocenters. The van der Waals surface area contributed by atoms with Crippen molar-refractivity contribution >= 4 is 23.9 Å². The van der Waals surface area contributed by atoms with E-state index in [1.165, 1.54) is 6.08 Å². The molecule has 2 amide bonds. The van der Waals surface area contributed by atoms with Crippen LogP contribution in [0.4, 0.5) is 4.79 Å². The third kappa shape index (κ3) is 10.8. The van der Waals surface area contributed by atoms with Gasteiger partial charge in [0.2, 0.25) is 5.91 Å². The Kier molecular flexibility index (Phi) is 11.3. The molecule has 4 N–H and O–H groups in total. The number of nitrogens with one attached hydrogen (secondary N) is 2. The fraction of sp³-hybridized carbons (Fsp3) is 0.400. The summed E-state index contributed by atoms with van der Waals surface area (Å²) >= 11 is 0. The Labute approximate surface area is 173 Å². The lowest BCUT2D eigenvalue weighted by Gasteiger charge is -2.15. The Morgan fingerprint density at radius 2 is 1.83 bits per heavy atom. The molecule has 164 valence electrons. The number of amides is 2.